The number of allylic oxidation sites excluding steroid dienone is 2. The third kappa shape index (κ3) is 2.52. The Kier molecular flexibility index (Phi) is 2.97. The SMILES string of the molecule is O=C(O)CCC1=CC=CC(=O)C1O. The zero-order valence-electron chi connectivity index (χ0n) is 6.93. The van der Waals surface area contributed by atoms with Gasteiger partial charge in [-0.15, -0.1) is 0 Å². The molecule has 4 heteroatoms. The van der Waals surface area contributed by atoms with Crippen LogP contribution in [0, 0.1) is 0 Å². The van der Waals surface area contributed by atoms with E-state index in [0.717, 1.165) is 0 Å². The van der Waals surface area contributed by atoms with Gasteiger partial charge in [-0.05, 0) is 18.1 Å². The first-order valence-corrected chi connectivity index (χ1v) is 3.92. The maximum absolute atomic E-state index is 10.9. The number of ketones is 1. The van der Waals surface area contributed by atoms with Crippen LogP contribution in [0.25, 0.3) is 0 Å². The van der Waals surface area contributed by atoms with Crippen LogP contribution in [0.2, 0.25) is 0 Å². The number of aliphatic hydroxyl groups is 1. The molecular weight excluding hydrogens is 172 g/mol. The molecule has 1 unspecified atom stereocenters. The monoisotopic (exact) mass is 182 g/mol. The second-order valence-corrected chi connectivity index (χ2v) is 2.80. The number of carbonyl (C=O) groups is 2. The van der Waals surface area contributed by atoms with E-state index in [-0.39, 0.29) is 18.6 Å². The summed E-state index contributed by atoms with van der Waals surface area (Å²) in [5, 5.41) is 17.7. The van der Waals surface area contributed by atoms with Crippen molar-refractivity contribution in [2.75, 3.05) is 0 Å². The van der Waals surface area contributed by atoms with Crippen molar-refractivity contribution < 1.29 is 19.8 Å². The molecule has 13 heavy (non-hydrogen) atoms. The highest BCUT2D eigenvalue weighted by Crippen LogP contribution is 2.15. The molecule has 0 aliphatic heterocycles. The Morgan fingerprint density at radius 3 is 2.85 bits per heavy atom. The first kappa shape index (κ1) is 9.67. The van der Waals surface area contributed by atoms with E-state index in [0.29, 0.717) is 5.57 Å². The molecule has 0 aromatic rings. The molecule has 0 bridgehead atoms. The van der Waals surface area contributed by atoms with E-state index < -0.39 is 12.1 Å². The van der Waals surface area contributed by atoms with E-state index in [9.17, 15) is 14.7 Å². The minimum absolute atomic E-state index is 0.0655. The minimum Gasteiger partial charge on any atom is -0.481 e. The molecule has 2 N–H and O–H groups in total. The normalized spacial score (nSPS) is 21.5. The topological polar surface area (TPSA) is 74.6 Å². The molecule has 4 nitrogen and oxygen atoms in total. The molecule has 0 radical (unpaired) electrons. The molecule has 1 aliphatic carbocycles. The van der Waals surface area contributed by atoms with Gasteiger partial charge in [-0.2, -0.15) is 0 Å². The van der Waals surface area contributed by atoms with Crippen molar-refractivity contribution in [2.24, 2.45) is 0 Å². The lowest BCUT2D eigenvalue weighted by Crippen LogP contribution is -2.23. The van der Waals surface area contributed by atoms with Crippen molar-refractivity contribution in [3.8, 4) is 0 Å². The Balaban J connectivity index is 2.58. The van der Waals surface area contributed by atoms with Crippen molar-refractivity contribution in [3.05, 3.63) is 23.8 Å². The standard InChI is InChI=1S/C9H10O4/c10-7-3-1-2-6(9(7)13)4-5-8(11)12/h1-3,9,13H,4-5H2,(H,11,12). The van der Waals surface area contributed by atoms with Crippen LogP contribution in [0.5, 0.6) is 0 Å². The van der Waals surface area contributed by atoms with Crippen molar-refractivity contribution >= 4 is 11.8 Å². The molecule has 0 saturated carbocycles. The first-order chi connectivity index (χ1) is 6.11. The second kappa shape index (κ2) is 4.00. The second-order valence-electron chi connectivity index (χ2n) is 2.80. The fourth-order valence-corrected chi connectivity index (χ4v) is 1.10. The molecule has 0 saturated heterocycles. The van der Waals surface area contributed by atoms with E-state index in [2.05, 4.69) is 0 Å². The largest absolute Gasteiger partial charge is 0.481 e. The maximum atomic E-state index is 10.9. The van der Waals surface area contributed by atoms with Crippen molar-refractivity contribution in [2.45, 2.75) is 18.9 Å². The summed E-state index contributed by atoms with van der Waals surface area (Å²) >= 11 is 0. The van der Waals surface area contributed by atoms with E-state index in [4.69, 9.17) is 5.11 Å². The number of hydrogen-bond donors (Lipinski definition) is 2. The number of carboxylic acid groups (broad SMARTS) is 1. The van der Waals surface area contributed by atoms with Gasteiger partial charge in [0.25, 0.3) is 0 Å². The molecule has 0 amide bonds. The number of carboxylic acids is 1. The lowest BCUT2D eigenvalue weighted by atomic mass is 9.97. The summed E-state index contributed by atoms with van der Waals surface area (Å²) in [7, 11) is 0. The Bertz CT molecular complexity index is 288. The highest BCUT2D eigenvalue weighted by molar-refractivity contribution is 5.97. The number of carbonyl (C=O) groups excluding carboxylic acids is 1. The molecule has 1 atom stereocenters. The van der Waals surface area contributed by atoms with E-state index in [1.54, 1.807) is 6.08 Å². The lowest BCUT2D eigenvalue weighted by molar-refractivity contribution is -0.137. The predicted octanol–water partition coefficient (Wildman–Crippen LogP) is 0.277. The van der Waals surface area contributed by atoms with Gasteiger partial charge in [0.2, 0.25) is 0 Å². The van der Waals surface area contributed by atoms with E-state index in [1.165, 1.54) is 12.2 Å². The van der Waals surface area contributed by atoms with Crippen LogP contribution in [0.3, 0.4) is 0 Å². The van der Waals surface area contributed by atoms with Gasteiger partial charge in [0.15, 0.2) is 5.78 Å². The highest BCUT2D eigenvalue weighted by atomic mass is 16.4. The van der Waals surface area contributed by atoms with Gasteiger partial charge in [0.1, 0.15) is 6.10 Å². The predicted molar refractivity (Wildman–Crippen MR) is 45.1 cm³/mol. The molecule has 0 aromatic carbocycles. The summed E-state index contributed by atoms with van der Waals surface area (Å²) in [4.78, 5) is 21.1. The van der Waals surface area contributed by atoms with Crippen LogP contribution in [-0.4, -0.2) is 28.1 Å². The number of rotatable bonds is 3. The summed E-state index contributed by atoms with van der Waals surface area (Å²) in [6.45, 7) is 0. The average Bonchev–Trinajstić information content (AvgIpc) is 2.07. The Morgan fingerprint density at radius 2 is 2.23 bits per heavy atom. The summed E-state index contributed by atoms with van der Waals surface area (Å²) in [6.07, 6.45) is 3.37. The van der Waals surface area contributed by atoms with Gasteiger partial charge in [-0.1, -0.05) is 12.2 Å². The van der Waals surface area contributed by atoms with Gasteiger partial charge in [0.05, 0.1) is 0 Å². The number of aliphatic hydroxyl groups excluding tert-OH is 1. The van der Waals surface area contributed by atoms with Gasteiger partial charge < -0.3 is 10.2 Å². The van der Waals surface area contributed by atoms with Crippen molar-refractivity contribution in [1.29, 1.82) is 0 Å². The van der Waals surface area contributed by atoms with Gasteiger partial charge in [-0.25, -0.2) is 0 Å². The Morgan fingerprint density at radius 1 is 1.54 bits per heavy atom. The fourth-order valence-electron chi connectivity index (χ4n) is 1.10. The molecule has 1 rings (SSSR count). The number of hydrogen-bond acceptors (Lipinski definition) is 3. The van der Waals surface area contributed by atoms with Crippen LogP contribution in [0.1, 0.15) is 12.8 Å². The van der Waals surface area contributed by atoms with Gasteiger partial charge >= 0.3 is 5.97 Å². The van der Waals surface area contributed by atoms with Crippen LogP contribution in [-0.2, 0) is 9.59 Å². The third-order valence-corrected chi connectivity index (χ3v) is 1.82. The van der Waals surface area contributed by atoms with E-state index >= 15 is 0 Å². The van der Waals surface area contributed by atoms with Crippen LogP contribution >= 0.6 is 0 Å². The summed E-state index contributed by atoms with van der Waals surface area (Å²) in [6, 6.07) is 0. The third-order valence-electron chi connectivity index (χ3n) is 1.82. The average molecular weight is 182 g/mol. The Labute approximate surface area is 75.2 Å². The van der Waals surface area contributed by atoms with Crippen LogP contribution in [0.15, 0.2) is 23.8 Å². The fraction of sp³-hybridized carbons (Fsp3) is 0.333. The van der Waals surface area contributed by atoms with Crippen molar-refractivity contribution in [3.63, 3.8) is 0 Å². The highest BCUT2D eigenvalue weighted by Gasteiger charge is 2.19. The smallest absolute Gasteiger partial charge is 0.303 e. The molecule has 0 spiro atoms. The van der Waals surface area contributed by atoms with E-state index in [1.807, 2.05) is 0 Å². The molecule has 70 valence electrons. The molecule has 1 aliphatic rings. The van der Waals surface area contributed by atoms with Gasteiger partial charge in [0, 0.05) is 6.42 Å². The molecular formula is C9H10O4. The zero-order valence-corrected chi connectivity index (χ0v) is 6.93. The van der Waals surface area contributed by atoms with Crippen LogP contribution in [0.4, 0.5) is 0 Å². The maximum Gasteiger partial charge on any atom is 0.303 e. The molecule has 0 heterocycles. The molecule has 0 aromatic heterocycles. The lowest BCUT2D eigenvalue weighted by Gasteiger charge is -2.13. The van der Waals surface area contributed by atoms with Crippen LogP contribution < -0.4 is 0 Å². The summed E-state index contributed by atoms with van der Waals surface area (Å²) < 4.78 is 0. The summed E-state index contributed by atoms with van der Waals surface area (Å²) in [5.41, 5.74) is 0.468. The quantitative estimate of drug-likeness (QED) is 0.657. The zero-order chi connectivity index (χ0) is 9.84. The van der Waals surface area contributed by atoms with Crippen molar-refractivity contribution in [1.82, 2.24) is 0 Å². The van der Waals surface area contributed by atoms with Gasteiger partial charge in [-0.3, -0.25) is 9.59 Å². The first-order valence-electron chi connectivity index (χ1n) is 3.92. The Hall–Kier alpha value is -1.42. The number of aliphatic carboxylic acids is 1. The minimum atomic E-state index is -1.15. The molecule has 0 fully saturated rings. The summed E-state index contributed by atoms with van der Waals surface area (Å²) in [5.74, 6) is -1.32.